The van der Waals surface area contributed by atoms with Crippen LogP contribution in [0, 0.1) is 16.2 Å². The molecule has 0 aromatic carbocycles. The third-order valence-corrected chi connectivity index (χ3v) is 19.1. The summed E-state index contributed by atoms with van der Waals surface area (Å²) in [6.07, 6.45) is 67.0. The smallest absolute Gasteiger partial charge is 0.462 e. The Labute approximate surface area is 533 Å². The molecule has 0 saturated carbocycles. The van der Waals surface area contributed by atoms with Crippen LogP contribution >= 0.6 is 7.82 Å². The van der Waals surface area contributed by atoms with Gasteiger partial charge in [-0.2, -0.15) is 0 Å². The van der Waals surface area contributed by atoms with E-state index in [2.05, 4.69) is 154 Å². The summed E-state index contributed by atoms with van der Waals surface area (Å²) >= 11 is 0. The van der Waals surface area contributed by atoms with Crippen LogP contribution in [0.4, 0.5) is 0 Å². The summed E-state index contributed by atoms with van der Waals surface area (Å²) in [6.45, 7) is 24.2. The molecule has 0 saturated heterocycles. The van der Waals surface area contributed by atoms with E-state index in [9.17, 15) is 19.0 Å². The fourth-order valence-corrected chi connectivity index (χ4v) is 13.3. The van der Waals surface area contributed by atoms with Crippen LogP contribution in [0.5, 0.6) is 0 Å². The van der Waals surface area contributed by atoms with Crippen LogP contribution in [0.25, 0.3) is 0 Å². The van der Waals surface area contributed by atoms with Gasteiger partial charge in [0, 0.05) is 24.5 Å². The van der Waals surface area contributed by atoms with Crippen LogP contribution < -0.4 is 0 Å². The van der Waals surface area contributed by atoms with Gasteiger partial charge in [-0.25, -0.2) is 4.57 Å². The number of hydrogen-bond acceptors (Lipinski definition) is 8. The number of ether oxygens (including phenoxy) is 2. The number of nitrogens with zero attached hydrogens (tertiary/aromatic N) is 1. The number of phosphoric ester groups is 1. The van der Waals surface area contributed by atoms with Gasteiger partial charge in [0.05, 0.1) is 19.8 Å². The highest BCUT2D eigenvalue weighted by atomic mass is 31.2. The summed E-state index contributed by atoms with van der Waals surface area (Å²) in [4.78, 5) is 41.5. The molecule has 3 aliphatic rings. The molecule has 3 aliphatic carbocycles. The molecule has 3 rings (SSSR count). The number of hydrogen-bond donors (Lipinski definition) is 1. The van der Waals surface area contributed by atoms with Gasteiger partial charge < -0.3 is 14.4 Å². The molecule has 0 fully saturated rings. The Kier molecular flexibility index (Phi) is 39.6. The Hall–Kier alpha value is -3.88. The Morgan fingerprint density at radius 2 is 1.05 bits per heavy atom. The average molecular weight is 1220 g/mol. The molecular formula is C77H126NO8P. The van der Waals surface area contributed by atoms with E-state index in [4.69, 9.17) is 18.5 Å². The van der Waals surface area contributed by atoms with Crippen LogP contribution in [-0.2, 0) is 32.7 Å². The maximum Gasteiger partial charge on any atom is 0.472 e. The van der Waals surface area contributed by atoms with Gasteiger partial charge in [-0.15, -0.1) is 0 Å². The zero-order valence-corrected chi connectivity index (χ0v) is 58.3. The molecule has 1 N–H and O–H groups in total. The molecule has 0 heterocycles. The summed E-state index contributed by atoms with van der Waals surface area (Å²) in [5.41, 5.74) is 10.4. The lowest BCUT2D eigenvalue weighted by atomic mass is 9.72. The highest BCUT2D eigenvalue weighted by Gasteiger charge is 2.30. The van der Waals surface area contributed by atoms with Gasteiger partial charge in [-0.1, -0.05) is 298 Å². The summed E-state index contributed by atoms with van der Waals surface area (Å²) in [6, 6.07) is 0. The minimum Gasteiger partial charge on any atom is -0.462 e. The van der Waals surface area contributed by atoms with Gasteiger partial charge >= 0.3 is 19.8 Å². The molecule has 0 aromatic rings. The molecule has 3 unspecified atom stereocenters. The molecule has 87 heavy (non-hydrogen) atoms. The van der Waals surface area contributed by atoms with Crippen molar-refractivity contribution in [2.75, 3.05) is 26.4 Å². The molecule has 3 atom stereocenters. The lowest BCUT2D eigenvalue weighted by molar-refractivity contribution is -0.161. The second-order valence-corrected chi connectivity index (χ2v) is 28.9. The number of allylic oxidation sites excluding steroid dienone is 20. The zero-order chi connectivity index (χ0) is 63.7. The Morgan fingerprint density at radius 1 is 0.598 bits per heavy atom. The number of unbranched alkanes of at least 4 members (excludes halogenated alkanes) is 24. The minimum atomic E-state index is -4.60. The summed E-state index contributed by atoms with van der Waals surface area (Å²) < 4.78 is 35.4. The molecule has 0 radical (unpaired) electrons. The number of esters is 2. The lowest BCUT2D eigenvalue weighted by Crippen LogP contribution is -2.29. The van der Waals surface area contributed by atoms with E-state index in [1.165, 1.54) is 193 Å². The minimum absolute atomic E-state index is 0.108. The zero-order valence-electron chi connectivity index (χ0n) is 57.4. The van der Waals surface area contributed by atoms with Crippen molar-refractivity contribution in [3.63, 3.8) is 0 Å². The van der Waals surface area contributed by atoms with Gasteiger partial charge in [0.15, 0.2) is 6.10 Å². The van der Waals surface area contributed by atoms with Gasteiger partial charge in [0.1, 0.15) is 6.61 Å². The van der Waals surface area contributed by atoms with Crippen molar-refractivity contribution in [3.05, 3.63) is 117 Å². The van der Waals surface area contributed by atoms with Crippen molar-refractivity contribution in [1.82, 2.24) is 0 Å². The Morgan fingerprint density at radius 3 is 1.52 bits per heavy atom. The van der Waals surface area contributed by atoms with Gasteiger partial charge in [-0.3, -0.25) is 23.6 Å². The molecule has 10 heteroatoms. The maximum atomic E-state index is 13.3. The van der Waals surface area contributed by atoms with Gasteiger partial charge in [-0.05, 0) is 119 Å². The predicted octanol–water partition coefficient (Wildman–Crippen LogP) is 23.0. The first-order valence-corrected chi connectivity index (χ1v) is 36.6. The second kappa shape index (κ2) is 44.6. The number of phosphoric acid groups is 1. The van der Waals surface area contributed by atoms with Crippen LogP contribution in [-0.4, -0.2) is 55.5 Å². The second-order valence-electron chi connectivity index (χ2n) is 27.4. The first-order chi connectivity index (χ1) is 41.7. The lowest BCUT2D eigenvalue weighted by Gasteiger charge is -2.33. The predicted molar refractivity (Wildman–Crippen MR) is 370 cm³/mol. The Balaban J connectivity index is 1.63. The summed E-state index contributed by atoms with van der Waals surface area (Å²) in [5, 5.41) is 0. The number of rotatable bonds is 47. The standard InChI is InChI=1S/C77H126NO8P/c1-12-14-16-18-20-22-24-26-28-30-32-34-36-47-73(79)83-62-70(86-74(80)48-37-35-33-31-29-27-25-23-21-19-17-15-13-2)63-85-87(81,82)84-59-58-78-61-69-52-51-68(46-38-42-64(3)49-53-71-66(5)44-40-55-75(71,7)8)60-77(69,11)57-39-43-65(4)50-54-72-67(6)45-41-56-76(72,9)10/h38-39,42-43,46,49-54,57,61,70H,12-37,40-41,44-45,47-48,55-56,58-60,62-63H2,1-11H3,(H,81,82)/b46-38+,53-49+,54-50+,57-39+,64-42+,65-43+,78-61?. The van der Waals surface area contributed by atoms with Gasteiger partial charge in [0.2, 0.25) is 0 Å². The Bertz CT molecular complexity index is 2400. The van der Waals surface area contributed by atoms with E-state index >= 15 is 0 Å². The van der Waals surface area contributed by atoms with Crippen LogP contribution in [0.1, 0.15) is 301 Å². The largest absolute Gasteiger partial charge is 0.472 e. The topological polar surface area (TPSA) is 121 Å². The van der Waals surface area contributed by atoms with E-state index < -0.39 is 31.9 Å². The van der Waals surface area contributed by atoms with Crippen molar-refractivity contribution in [3.8, 4) is 0 Å². The van der Waals surface area contributed by atoms with E-state index in [1.54, 1.807) is 0 Å². The summed E-state index contributed by atoms with van der Waals surface area (Å²) in [5.74, 6) is -0.834. The number of carbonyl (C=O) groups excluding carboxylic acids is 2. The van der Waals surface area contributed by atoms with E-state index in [1.807, 2.05) is 6.21 Å². The fourth-order valence-electron chi connectivity index (χ4n) is 12.5. The van der Waals surface area contributed by atoms with Crippen LogP contribution in [0.2, 0.25) is 0 Å². The highest BCUT2D eigenvalue weighted by molar-refractivity contribution is 7.47. The first kappa shape index (κ1) is 77.4. The molecule has 0 aliphatic heterocycles. The number of aliphatic imine (C=N–C) groups is 1. The van der Waals surface area contributed by atoms with Crippen molar-refractivity contribution in [2.45, 2.75) is 307 Å². The molecule has 0 bridgehead atoms. The SMILES string of the molecule is CCCCCCCCCCCCCCCC(=O)OCC(COP(=O)(O)OCCN=CC1=CC=C(/C=C/C=C(C)/C=C/C2=C(C)CCCC2(C)C)CC1(C)/C=C/C=C(C)/C=C/C1=C(C)CCCC1(C)C)OC(=O)CCCCCCCCCCCCCCC. The average Bonchev–Trinajstić information content (AvgIpc) is 3.25. The van der Waals surface area contributed by atoms with Crippen LogP contribution in [0.3, 0.4) is 0 Å². The van der Waals surface area contributed by atoms with Crippen molar-refractivity contribution < 1.29 is 37.6 Å². The van der Waals surface area contributed by atoms with E-state index in [-0.39, 0.29) is 49.4 Å². The first-order valence-electron chi connectivity index (χ1n) is 35.1. The normalized spacial score (nSPS) is 19.7. The molecule has 0 aromatic heterocycles. The van der Waals surface area contributed by atoms with Crippen molar-refractivity contribution in [1.29, 1.82) is 0 Å². The van der Waals surface area contributed by atoms with Crippen molar-refractivity contribution >= 4 is 26.0 Å². The quantitative estimate of drug-likeness (QED) is 0.0210. The maximum absolute atomic E-state index is 13.3. The molecular weight excluding hydrogens is 1100 g/mol. The molecule has 9 nitrogen and oxygen atoms in total. The highest BCUT2D eigenvalue weighted by Crippen LogP contribution is 2.45. The third kappa shape index (κ3) is 34.8. The van der Waals surface area contributed by atoms with Crippen molar-refractivity contribution in [2.24, 2.45) is 21.2 Å². The van der Waals surface area contributed by atoms with E-state index in [0.717, 1.165) is 56.9 Å². The molecule has 0 amide bonds. The third-order valence-electron chi connectivity index (χ3n) is 18.1. The van der Waals surface area contributed by atoms with E-state index in [0.29, 0.717) is 6.42 Å². The molecule has 492 valence electrons. The van der Waals surface area contributed by atoms with Gasteiger partial charge in [0.25, 0.3) is 0 Å². The number of carbonyl (C=O) groups is 2. The monoisotopic (exact) mass is 1220 g/mol. The fraction of sp³-hybridized carbons (Fsp3) is 0.701. The van der Waals surface area contributed by atoms with Crippen LogP contribution in [0.15, 0.2) is 122 Å². The summed E-state index contributed by atoms with van der Waals surface area (Å²) in [7, 11) is -4.60. The molecule has 0 spiro atoms.